The average Bonchev–Trinajstić information content (AvgIpc) is 3.16. The highest BCUT2D eigenvalue weighted by Crippen LogP contribution is 2.24. The summed E-state index contributed by atoms with van der Waals surface area (Å²) in [4.78, 5) is 21.6. The maximum absolute atomic E-state index is 12.5. The number of rotatable bonds is 5. The predicted octanol–water partition coefficient (Wildman–Crippen LogP) is 4.41. The van der Waals surface area contributed by atoms with Crippen LogP contribution >= 0.6 is 0 Å². The molecule has 0 bridgehead atoms. The van der Waals surface area contributed by atoms with Crippen LogP contribution in [0.25, 0.3) is 22.2 Å². The van der Waals surface area contributed by atoms with Gasteiger partial charge in [0.2, 0.25) is 5.95 Å². The number of hydrogen-bond acceptors (Lipinski definition) is 5. The second-order valence-electron chi connectivity index (χ2n) is 9.18. The first-order chi connectivity index (χ1) is 14.7. The van der Waals surface area contributed by atoms with Gasteiger partial charge in [0, 0.05) is 43.0 Å². The van der Waals surface area contributed by atoms with Crippen molar-refractivity contribution in [1.82, 2.24) is 24.3 Å². The molecule has 160 valence electrons. The van der Waals surface area contributed by atoms with Crippen LogP contribution in [0.4, 0.5) is 5.95 Å². The van der Waals surface area contributed by atoms with Crippen LogP contribution in [0.2, 0.25) is 0 Å². The molecular weight excluding hydrogens is 388 g/mol. The molecule has 0 saturated heterocycles. The summed E-state index contributed by atoms with van der Waals surface area (Å²) in [5.74, 6) is 0.504. The Hall–Kier alpha value is -3.48. The van der Waals surface area contributed by atoms with E-state index in [0.717, 1.165) is 22.1 Å². The second kappa shape index (κ2) is 7.98. The first-order valence-electron chi connectivity index (χ1n) is 10.4. The first-order valence-corrected chi connectivity index (χ1v) is 10.4. The standard InChI is InChI=1S/C24H28N6O/c1-16(17-6-8-18(9-7-17)20-13-26-29(5)14-20)27-23-25-12-19-10-11-21(31)30(22(19)28-23)15-24(2,3)4/h6-14,16H,15H2,1-5H3,(H,25,27,28). The van der Waals surface area contributed by atoms with Crippen LogP contribution in [0, 0.1) is 5.41 Å². The zero-order chi connectivity index (χ0) is 22.2. The van der Waals surface area contributed by atoms with Gasteiger partial charge in [0.1, 0.15) is 5.65 Å². The molecule has 0 radical (unpaired) electrons. The molecule has 7 nitrogen and oxygen atoms in total. The minimum absolute atomic E-state index is 0.00639. The maximum atomic E-state index is 12.5. The lowest BCUT2D eigenvalue weighted by Crippen LogP contribution is -2.27. The van der Waals surface area contributed by atoms with Gasteiger partial charge in [0.05, 0.1) is 12.2 Å². The first kappa shape index (κ1) is 20.8. The van der Waals surface area contributed by atoms with Crippen molar-refractivity contribution in [1.29, 1.82) is 0 Å². The molecule has 4 rings (SSSR count). The Balaban J connectivity index is 1.59. The van der Waals surface area contributed by atoms with E-state index in [2.05, 4.69) is 72.3 Å². The number of anilines is 1. The summed E-state index contributed by atoms with van der Waals surface area (Å²) in [6, 6.07) is 11.7. The van der Waals surface area contributed by atoms with Crippen molar-refractivity contribution >= 4 is 17.0 Å². The van der Waals surface area contributed by atoms with E-state index in [-0.39, 0.29) is 17.0 Å². The van der Waals surface area contributed by atoms with Crippen LogP contribution in [-0.2, 0) is 13.6 Å². The van der Waals surface area contributed by atoms with Crippen molar-refractivity contribution in [2.24, 2.45) is 12.5 Å². The molecule has 1 aromatic carbocycles. The molecule has 1 unspecified atom stereocenters. The van der Waals surface area contributed by atoms with E-state index >= 15 is 0 Å². The normalized spacial score (nSPS) is 12.8. The fourth-order valence-electron chi connectivity index (χ4n) is 3.58. The van der Waals surface area contributed by atoms with Gasteiger partial charge in [-0.2, -0.15) is 10.1 Å². The van der Waals surface area contributed by atoms with Gasteiger partial charge >= 0.3 is 0 Å². The Morgan fingerprint density at radius 2 is 1.77 bits per heavy atom. The van der Waals surface area contributed by atoms with Crippen LogP contribution in [0.1, 0.15) is 39.3 Å². The molecule has 0 fully saturated rings. The third kappa shape index (κ3) is 4.66. The monoisotopic (exact) mass is 416 g/mol. The number of pyridine rings is 1. The van der Waals surface area contributed by atoms with Crippen LogP contribution in [0.3, 0.4) is 0 Å². The van der Waals surface area contributed by atoms with Crippen molar-refractivity contribution in [2.75, 3.05) is 5.32 Å². The Kier molecular flexibility index (Phi) is 5.35. The molecular formula is C24H28N6O. The van der Waals surface area contributed by atoms with E-state index in [0.29, 0.717) is 18.1 Å². The van der Waals surface area contributed by atoms with Crippen molar-refractivity contribution in [3.63, 3.8) is 0 Å². The van der Waals surface area contributed by atoms with Crippen molar-refractivity contribution < 1.29 is 0 Å². The number of fused-ring (bicyclic) bond motifs is 1. The van der Waals surface area contributed by atoms with Crippen molar-refractivity contribution in [3.05, 3.63) is 70.9 Å². The van der Waals surface area contributed by atoms with E-state index in [1.807, 2.05) is 19.4 Å². The van der Waals surface area contributed by atoms with Gasteiger partial charge in [-0.25, -0.2) is 4.98 Å². The molecule has 3 heterocycles. The Bertz CT molecular complexity index is 1260. The summed E-state index contributed by atoms with van der Waals surface area (Å²) in [5, 5.41) is 8.45. The van der Waals surface area contributed by atoms with Gasteiger partial charge in [-0.1, -0.05) is 45.0 Å². The number of hydrogen-bond donors (Lipinski definition) is 1. The summed E-state index contributed by atoms with van der Waals surface area (Å²) >= 11 is 0. The largest absolute Gasteiger partial charge is 0.348 e. The third-order valence-corrected chi connectivity index (χ3v) is 5.15. The lowest BCUT2D eigenvalue weighted by atomic mass is 9.97. The predicted molar refractivity (Wildman–Crippen MR) is 124 cm³/mol. The van der Waals surface area contributed by atoms with Crippen LogP contribution < -0.4 is 10.9 Å². The average molecular weight is 417 g/mol. The van der Waals surface area contributed by atoms with E-state index in [1.165, 1.54) is 0 Å². The van der Waals surface area contributed by atoms with Crippen LogP contribution in [0.15, 0.2) is 59.8 Å². The van der Waals surface area contributed by atoms with E-state index in [9.17, 15) is 4.79 Å². The minimum atomic E-state index is -0.0499. The van der Waals surface area contributed by atoms with Crippen molar-refractivity contribution in [2.45, 2.75) is 40.3 Å². The highest BCUT2D eigenvalue weighted by Gasteiger charge is 2.16. The molecule has 1 atom stereocenters. The smallest absolute Gasteiger partial charge is 0.252 e. The summed E-state index contributed by atoms with van der Waals surface area (Å²) in [6.45, 7) is 8.98. The Morgan fingerprint density at radius 3 is 2.42 bits per heavy atom. The third-order valence-electron chi connectivity index (χ3n) is 5.15. The van der Waals surface area contributed by atoms with Gasteiger partial charge in [-0.05, 0) is 29.5 Å². The lowest BCUT2D eigenvalue weighted by Gasteiger charge is -2.21. The number of benzene rings is 1. The Labute approximate surface area is 181 Å². The molecule has 4 aromatic rings. The van der Waals surface area contributed by atoms with Crippen molar-refractivity contribution in [3.8, 4) is 11.1 Å². The highest BCUT2D eigenvalue weighted by atomic mass is 16.1. The van der Waals surface area contributed by atoms with E-state index in [1.54, 1.807) is 27.6 Å². The summed E-state index contributed by atoms with van der Waals surface area (Å²) in [6.07, 6.45) is 5.62. The molecule has 31 heavy (non-hydrogen) atoms. The minimum Gasteiger partial charge on any atom is -0.348 e. The fourth-order valence-corrected chi connectivity index (χ4v) is 3.58. The second-order valence-corrected chi connectivity index (χ2v) is 9.18. The SMILES string of the molecule is CC(Nc1ncc2ccc(=O)n(CC(C)(C)C)c2n1)c1ccc(-c2cnn(C)c2)cc1. The fraction of sp³-hybridized carbons (Fsp3) is 0.333. The molecule has 0 amide bonds. The summed E-state index contributed by atoms with van der Waals surface area (Å²) in [7, 11) is 1.91. The quantitative estimate of drug-likeness (QED) is 0.521. The summed E-state index contributed by atoms with van der Waals surface area (Å²) in [5.41, 5.74) is 3.89. The molecule has 3 aromatic heterocycles. The molecule has 0 aliphatic rings. The number of aryl methyl sites for hydroxylation is 1. The molecule has 0 aliphatic heterocycles. The summed E-state index contributed by atoms with van der Waals surface area (Å²) < 4.78 is 3.53. The Morgan fingerprint density at radius 1 is 1.03 bits per heavy atom. The molecule has 1 N–H and O–H groups in total. The van der Waals surface area contributed by atoms with Gasteiger partial charge in [0.25, 0.3) is 5.56 Å². The zero-order valence-electron chi connectivity index (χ0n) is 18.6. The van der Waals surface area contributed by atoms with Gasteiger partial charge < -0.3 is 5.32 Å². The van der Waals surface area contributed by atoms with Gasteiger partial charge in [-0.15, -0.1) is 0 Å². The topological polar surface area (TPSA) is 77.6 Å². The lowest BCUT2D eigenvalue weighted by molar-refractivity contribution is 0.343. The van der Waals surface area contributed by atoms with Crippen LogP contribution in [-0.4, -0.2) is 24.3 Å². The zero-order valence-corrected chi connectivity index (χ0v) is 18.6. The van der Waals surface area contributed by atoms with E-state index in [4.69, 9.17) is 0 Å². The molecule has 7 heteroatoms. The van der Waals surface area contributed by atoms with Gasteiger partial charge in [0.15, 0.2) is 0 Å². The molecule has 0 saturated carbocycles. The van der Waals surface area contributed by atoms with Gasteiger partial charge in [-0.3, -0.25) is 14.0 Å². The number of aromatic nitrogens is 5. The molecule has 0 spiro atoms. The van der Waals surface area contributed by atoms with E-state index < -0.39 is 0 Å². The maximum Gasteiger partial charge on any atom is 0.252 e. The number of nitrogens with one attached hydrogen (secondary N) is 1. The van der Waals surface area contributed by atoms with Crippen LogP contribution in [0.5, 0.6) is 0 Å². The molecule has 0 aliphatic carbocycles. The highest BCUT2D eigenvalue weighted by molar-refractivity contribution is 5.75. The number of nitrogens with zero attached hydrogens (tertiary/aromatic N) is 5.